The molecule has 21 heavy (non-hydrogen) atoms. The third kappa shape index (κ3) is 2.28. The van der Waals surface area contributed by atoms with E-state index in [1.54, 1.807) is 12.1 Å². The summed E-state index contributed by atoms with van der Waals surface area (Å²) in [6, 6.07) is 6.13. The Hall–Kier alpha value is -1.67. The quantitative estimate of drug-likeness (QED) is 0.530. The van der Waals surface area contributed by atoms with Gasteiger partial charge in [-0.05, 0) is 17.7 Å². The Morgan fingerprint density at radius 3 is 2.43 bits per heavy atom. The summed E-state index contributed by atoms with van der Waals surface area (Å²) in [4.78, 5) is 11.6. The largest absolute Gasteiger partial charge is 0.508 e. The van der Waals surface area contributed by atoms with Crippen LogP contribution in [0.5, 0.6) is 5.75 Å². The molecule has 3 rings (SSSR count). The number of hydrogen-bond donors (Lipinski definition) is 4. The summed E-state index contributed by atoms with van der Waals surface area (Å²) >= 11 is 0. The van der Waals surface area contributed by atoms with Crippen molar-refractivity contribution in [1.29, 1.82) is 0 Å². The maximum Gasteiger partial charge on any atom is 0.307 e. The van der Waals surface area contributed by atoms with E-state index in [2.05, 4.69) is 0 Å². The summed E-state index contributed by atoms with van der Waals surface area (Å²) in [5, 5.41) is 39.2. The number of aromatic hydroxyl groups is 1. The van der Waals surface area contributed by atoms with Gasteiger partial charge in [0.1, 0.15) is 18.0 Å². The molecule has 0 radical (unpaired) electrons. The molecule has 0 aromatic heterocycles. The average molecular weight is 296 g/mol. The lowest BCUT2D eigenvalue weighted by Gasteiger charge is -2.33. The third-order valence-electron chi connectivity index (χ3n) is 4.01. The van der Waals surface area contributed by atoms with Crippen molar-refractivity contribution in [2.24, 2.45) is 0 Å². The molecule has 0 amide bonds. The van der Waals surface area contributed by atoms with Crippen LogP contribution in [-0.4, -0.2) is 57.1 Å². The number of phenols is 1. The Bertz CT molecular complexity index is 543. The minimum absolute atomic E-state index is 0.0178. The number of cyclic esters (lactones) is 1. The number of rotatable bonds is 2. The number of esters is 1. The Labute approximate surface area is 120 Å². The molecule has 114 valence electrons. The SMILES string of the molecule is O=C1C[C@@H](c2ccc(O)cc2)[C@H]([C@@]2(O)OC[C@@H](O)[C@H]2O)O1. The van der Waals surface area contributed by atoms with Gasteiger partial charge in [-0.3, -0.25) is 4.79 Å². The van der Waals surface area contributed by atoms with Crippen LogP contribution in [0.3, 0.4) is 0 Å². The number of hydrogen-bond acceptors (Lipinski definition) is 7. The fraction of sp³-hybridized carbons (Fsp3) is 0.500. The van der Waals surface area contributed by atoms with Crippen molar-refractivity contribution in [3.8, 4) is 5.75 Å². The molecule has 0 unspecified atom stereocenters. The maximum atomic E-state index is 11.6. The van der Waals surface area contributed by atoms with Crippen LogP contribution in [0.25, 0.3) is 0 Å². The van der Waals surface area contributed by atoms with E-state index >= 15 is 0 Å². The van der Waals surface area contributed by atoms with Crippen molar-refractivity contribution in [2.75, 3.05) is 6.61 Å². The van der Waals surface area contributed by atoms with E-state index in [1.165, 1.54) is 12.1 Å². The van der Waals surface area contributed by atoms with Gasteiger partial charge in [0, 0.05) is 5.92 Å². The summed E-state index contributed by atoms with van der Waals surface area (Å²) in [7, 11) is 0. The van der Waals surface area contributed by atoms with Crippen LogP contribution in [-0.2, 0) is 14.3 Å². The molecule has 1 aromatic carbocycles. The van der Waals surface area contributed by atoms with E-state index in [1.807, 2.05) is 0 Å². The summed E-state index contributed by atoms with van der Waals surface area (Å²) in [6.45, 7) is -0.242. The Kier molecular flexibility index (Phi) is 3.37. The molecule has 2 aliphatic rings. The number of benzene rings is 1. The first-order valence-electron chi connectivity index (χ1n) is 6.62. The Morgan fingerprint density at radius 2 is 1.86 bits per heavy atom. The topological polar surface area (TPSA) is 116 Å². The number of carbonyl (C=O) groups excluding carboxylic acids is 1. The lowest BCUT2D eigenvalue weighted by atomic mass is 9.86. The fourth-order valence-electron chi connectivity index (χ4n) is 2.87. The van der Waals surface area contributed by atoms with Gasteiger partial charge in [0.2, 0.25) is 5.79 Å². The zero-order valence-electron chi connectivity index (χ0n) is 11.0. The van der Waals surface area contributed by atoms with Crippen molar-refractivity contribution in [3.05, 3.63) is 29.8 Å². The number of aliphatic hydroxyl groups is 3. The summed E-state index contributed by atoms with van der Waals surface area (Å²) < 4.78 is 10.2. The number of ether oxygens (including phenoxy) is 2. The zero-order valence-corrected chi connectivity index (χ0v) is 11.0. The molecule has 0 saturated carbocycles. The molecule has 2 saturated heterocycles. The molecule has 0 spiro atoms. The van der Waals surface area contributed by atoms with Crippen LogP contribution in [0.4, 0.5) is 0 Å². The minimum Gasteiger partial charge on any atom is -0.508 e. The van der Waals surface area contributed by atoms with Crippen LogP contribution >= 0.6 is 0 Å². The van der Waals surface area contributed by atoms with Crippen molar-refractivity contribution >= 4 is 5.97 Å². The van der Waals surface area contributed by atoms with Crippen LogP contribution in [0.15, 0.2) is 24.3 Å². The van der Waals surface area contributed by atoms with Crippen LogP contribution in [0.2, 0.25) is 0 Å². The van der Waals surface area contributed by atoms with Crippen molar-refractivity contribution in [2.45, 2.75) is 36.4 Å². The Morgan fingerprint density at radius 1 is 1.19 bits per heavy atom. The average Bonchev–Trinajstić information content (AvgIpc) is 2.97. The molecule has 4 N–H and O–H groups in total. The molecule has 2 fully saturated rings. The molecule has 5 atom stereocenters. The molecule has 0 aliphatic carbocycles. The highest BCUT2D eigenvalue weighted by Crippen LogP contribution is 2.42. The van der Waals surface area contributed by atoms with Gasteiger partial charge in [-0.25, -0.2) is 0 Å². The van der Waals surface area contributed by atoms with E-state index in [0.717, 1.165) is 0 Å². The second-order valence-electron chi connectivity index (χ2n) is 5.39. The van der Waals surface area contributed by atoms with Crippen molar-refractivity contribution < 1.29 is 34.7 Å². The van der Waals surface area contributed by atoms with Gasteiger partial charge in [-0.1, -0.05) is 12.1 Å². The summed E-state index contributed by atoms with van der Waals surface area (Å²) in [5.41, 5.74) is 0.661. The highest BCUT2D eigenvalue weighted by atomic mass is 16.7. The van der Waals surface area contributed by atoms with Gasteiger partial charge in [0.15, 0.2) is 6.10 Å². The van der Waals surface area contributed by atoms with E-state index in [4.69, 9.17) is 9.47 Å². The first-order valence-corrected chi connectivity index (χ1v) is 6.62. The second kappa shape index (κ2) is 4.96. The monoisotopic (exact) mass is 296 g/mol. The van der Waals surface area contributed by atoms with E-state index in [9.17, 15) is 25.2 Å². The first kappa shape index (κ1) is 14.3. The van der Waals surface area contributed by atoms with E-state index in [-0.39, 0.29) is 18.8 Å². The van der Waals surface area contributed by atoms with Crippen LogP contribution < -0.4 is 0 Å². The van der Waals surface area contributed by atoms with Gasteiger partial charge in [0.05, 0.1) is 13.0 Å². The predicted molar refractivity (Wildman–Crippen MR) is 68.3 cm³/mol. The molecule has 7 heteroatoms. The number of aliphatic hydroxyl groups excluding tert-OH is 2. The lowest BCUT2D eigenvalue weighted by molar-refractivity contribution is -0.267. The standard InChI is InChI=1S/C14H16O7/c15-8-3-1-7(2-4-8)9-5-11(17)21-13(9)14(19)12(18)10(16)6-20-14/h1-4,9-10,12-13,15-16,18-19H,5-6H2/t9-,10+,12+,13+,14-/m0/s1. The number of phenolic OH excluding ortho intramolecular Hbond substituents is 1. The second-order valence-corrected chi connectivity index (χ2v) is 5.39. The highest BCUT2D eigenvalue weighted by molar-refractivity contribution is 5.73. The van der Waals surface area contributed by atoms with Gasteiger partial charge >= 0.3 is 5.97 Å². The molecule has 2 heterocycles. The molecular weight excluding hydrogens is 280 g/mol. The number of carbonyl (C=O) groups is 1. The predicted octanol–water partition coefficient (Wildman–Crippen LogP) is -0.768. The molecule has 0 bridgehead atoms. The summed E-state index contributed by atoms with van der Waals surface area (Å²) in [6.07, 6.45) is -3.91. The molecular formula is C14H16O7. The Balaban J connectivity index is 1.93. The van der Waals surface area contributed by atoms with Gasteiger partial charge in [-0.2, -0.15) is 0 Å². The molecule has 2 aliphatic heterocycles. The van der Waals surface area contributed by atoms with E-state index in [0.29, 0.717) is 5.56 Å². The molecule has 1 aromatic rings. The smallest absolute Gasteiger partial charge is 0.307 e. The normalized spacial score (nSPS) is 39.5. The zero-order chi connectivity index (χ0) is 15.2. The summed E-state index contributed by atoms with van der Waals surface area (Å²) in [5.74, 6) is -3.13. The fourth-order valence-corrected chi connectivity index (χ4v) is 2.87. The third-order valence-corrected chi connectivity index (χ3v) is 4.01. The van der Waals surface area contributed by atoms with Gasteiger partial charge in [-0.15, -0.1) is 0 Å². The van der Waals surface area contributed by atoms with Crippen LogP contribution in [0.1, 0.15) is 17.9 Å². The van der Waals surface area contributed by atoms with Crippen molar-refractivity contribution in [1.82, 2.24) is 0 Å². The van der Waals surface area contributed by atoms with E-state index < -0.39 is 36.0 Å². The van der Waals surface area contributed by atoms with Crippen molar-refractivity contribution in [3.63, 3.8) is 0 Å². The maximum absolute atomic E-state index is 11.6. The highest BCUT2D eigenvalue weighted by Gasteiger charge is 2.59. The van der Waals surface area contributed by atoms with Gasteiger partial charge in [0.25, 0.3) is 0 Å². The lowest BCUT2D eigenvalue weighted by Crippen LogP contribution is -2.54. The van der Waals surface area contributed by atoms with Gasteiger partial charge < -0.3 is 29.9 Å². The molecule has 7 nitrogen and oxygen atoms in total. The minimum atomic E-state index is -2.14. The van der Waals surface area contributed by atoms with Crippen LogP contribution in [0, 0.1) is 0 Å². The first-order chi connectivity index (χ1) is 9.91.